The van der Waals surface area contributed by atoms with Gasteiger partial charge in [-0.05, 0) is 6.07 Å². The molecule has 2 heterocycles. The lowest BCUT2D eigenvalue weighted by Gasteiger charge is -2.33. The molecule has 1 aromatic heterocycles. The summed E-state index contributed by atoms with van der Waals surface area (Å²) in [6, 6.07) is 1.84. The smallest absolute Gasteiger partial charge is 0.225 e. The minimum absolute atomic E-state index is 0.843. The third-order valence-electron chi connectivity index (χ3n) is 2.59. The molecule has 0 aromatic carbocycles. The van der Waals surface area contributed by atoms with E-state index in [1.54, 1.807) is 12.4 Å². The molecule has 0 spiro atoms. The summed E-state index contributed by atoms with van der Waals surface area (Å²) in [5.74, 6) is 0.843. The van der Waals surface area contributed by atoms with Crippen molar-refractivity contribution in [3.8, 4) is 0 Å². The van der Waals surface area contributed by atoms with E-state index in [9.17, 15) is 0 Å². The van der Waals surface area contributed by atoms with Gasteiger partial charge in [-0.2, -0.15) is 0 Å². The Morgan fingerprint density at radius 1 is 1.20 bits per heavy atom. The average molecular weight is 204 g/mol. The van der Waals surface area contributed by atoms with Crippen molar-refractivity contribution in [3.05, 3.63) is 31.1 Å². The molecule has 0 bridgehead atoms. The molecule has 4 nitrogen and oxygen atoms in total. The molecule has 1 saturated heterocycles. The SMILES string of the molecule is C=CCN1CCN(c2ncccn2)CC1. The number of nitrogens with zero attached hydrogens (tertiary/aromatic N) is 4. The van der Waals surface area contributed by atoms with Gasteiger partial charge >= 0.3 is 0 Å². The molecule has 1 aromatic rings. The summed E-state index contributed by atoms with van der Waals surface area (Å²) in [6.07, 6.45) is 5.53. The molecular weight excluding hydrogens is 188 g/mol. The van der Waals surface area contributed by atoms with Gasteiger partial charge in [0.2, 0.25) is 5.95 Å². The third kappa shape index (κ3) is 2.53. The average Bonchev–Trinajstić information content (AvgIpc) is 2.32. The van der Waals surface area contributed by atoms with Crippen LogP contribution in [-0.2, 0) is 0 Å². The van der Waals surface area contributed by atoms with E-state index >= 15 is 0 Å². The van der Waals surface area contributed by atoms with E-state index in [1.807, 2.05) is 12.1 Å². The van der Waals surface area contributed by atoms with E-state index in [0.29, 0.717) is 0 Å². The van der Waals surface area contributed by atoms with Crippen LogP contribution in [0.3, 0.4) is 0 Å². The molecule has 15 heavy (non-hydrogen) atoms. The lowest BCUT2D eigenvalue weighted by atomic mass is 10.3. The third-order valence-corrected chi connectivity index (χ3v) is 2.59. The number of piperazine rings is 1. The largest absolute Gasteiger partial charge is 0.338 e. The fourth-order valence-electron chi connectivity index (χ4n) is 1.77. The van der Waals surface area contributed by atoms with Crippen molar-refractivity contribution in [1.82, 2.24) is 14.9 Å². The van der Waals surface area contributed by atoms with Crippen LogP contribution >= 0.6 is 0 Å². The van der Waals surface area contributed by atoms with E-state index in [4.69, 9.17) is 0 Å². The highest BCUT2D eigenvalue weighted by Gasteiger charge is 2.17. The number of hydrogen-bond acceptors (Lipinski definition) is 4. The normalized spacial score (nSPS) is 17.7. The Morgan fingerprint density at radius 3 is 2.47 bits per heavy atom. The highest BCUT2D eigenvalue weighted by Crippen LogP contribution is 2.08. The van der Waals surface area contributed by atoms with Crippen molar-refractivity contribution in [3.63, 3.8) is 0 Å². The standard InChI is InChI=1S/C11H16N4/c1-2-6-14-7-9-15(10-8-14)11-12-4-3-5-13-11/h2-5H,1,6-10H2. The van der Waals surface area contributed by atoms with E-state index in [-0.39, 0.29) is 0 Å². The number of rotatable bonds is 3. The van der Waals surface area contributed by atoms with Crippen LogP contribution in [0.25, 0.3) is 0 Å². The van der Waals surface area contributed by atoms with Gasteiger partial charge in [0.25, 0.3) is 0 Å². The lowest BCUT2D eigenvalue weighted by molar-refractivity contribution is 0.283. The van der Waals surface area contributed by atoms with Crippen molar-refractivity contribution in [2.45, 2.75) is 0 Å². The first-order chi connectivity index (χ1) is 7.40. The van der Waals surface area contributed by atoms with Crippen molar-refractivity contribution >= 4 is 5.95 Å². The second-order valence-corrected chi connectivity index (χ2v) is 3.63. The molecule has 0 amide bonds. The highest BCUT2D eigenvalue weighted by molar-refractivity contribution is 5.29. The fraction of sp³-hybridized carbons (Fsp3) is 0.455. The predicted octanol–water partition coefficient (Wildman–Crippen LogP) is 0.785. The Labute approximate surface area is 90.2 Å². The maximum Gasteiger partial charge on any atom is 0.225 e. The fourth-order valence-corrected chi connectivity index (χ4v) is 1.77. The molecule has 0 radical (unpaired) electrons. The van der Waals surface area contributed by atoms with Crippen LogP contribution in [0.1, 0.15) is 0 Å². The lowest BCUT2D eigenvalue weighted by Crippen LogP contribution is -2.46. The van der Waals surface area contributed by atoms with Gasteiger partial charge in [-0.25, -0.2) is 9.97 Å². The molecule has 0 unspecified atom stereocenters. The van der Waals surface area contributed by atoms with Crippen molar-refractivity contribution in [1.29, 1.82) is 0 Å². The maximum atomic E-state index is 4.25. The highest BCUT2D eigenvalue weighted by atomic mass is 15.3. The monoisotopic (exact) mass is 204 g/mol. The van der Waals surface area contributed by atoms with Gasteiger partial charge in [0, 0.05) is 45.1 Å². The molecule has 2 rings (SSSR count). The number of aromatic nitrogens is 2. The van der Waals surface area contributed by atoms with Gasteiger partial charge in [0.15, 0.2) is 0 Å². The first-order valence-electron chi connectivity index (χ1n) is 5.25. The molecule has 0 atom stereocenters. The topological polar surface area (TPSA) is 32.3 Å². The second-order valence-electron chi connectivity index (χ2n) is 3.63. The zero-order valence-electron chi connectivity index (χ0n) is 8.84. The summed E-state index contributed by atoms with van der Waals surface area (Å²) in [5.41, 5.74) is 0. The van der Waals surface area contributed by atoms with Crippen molar-refractivity contribution in [2.75, 3.05) is 37.6 Å². The zero-order valence-corrected chi connectivity index (χ0v) is 8.84. The van der Waals surface area contributed by atoms with E-state index in [1.165, 1.54) is 0 Å². The van der Waals surface area contributed by atoms with Gasteiger partial charge in [0.05, 0.1) is 0 Å². The van der Waals surface area contributed by atoms with Gasteiger partial charge in [-0.15, -0.1) is 6.58 Å². The zero-order chi connectivity index (χ0) is 10.5. The quantitative estimate of drug-likeness (QED) is 0.681. The summed E-state index contributed by atoms with van der Waals surface area (Å²) >= 11 is 0. The van der Waals surface area contributed by atoms with Crippen molar-refractivity contribution in [2.24, 2.45) is 0 Å². The minimum Gasteiger partial charge on any atom is -0.338 e. The predicted molar refractivity (Wildman–Crippen MR) is 60.9 cm³/mol. The van der Waals surface area contributed by atoms with Crippen LogP contribution in [0, 0.1) is 0 Å². The van der Waals surface area contributed by atoms with Gasteiger partial charge < -0.3 is 4.90 Å². The molecule has 0 aliphatic carbocycles. The molecule has 1 aliphatic rings. The van der Waals surface area contributed by atoms with E-state index in [2.05, 4.69) is 26.3 Å². The summed E-state index contributed by atoms with van der Waals surface area (Å²) in [7, 11) is 0. The summed E-state index contributed by atoms with van der Waals surface area (Å²) in [6.45, 7) is 8.84. The number of anilines is 1. The minimum atomic E-state index is 0.843. The first-order valence-corrected chi connectivity index (χ1v) is 5.25. The molecule has 1 fully saturated rings. The van der Waals surface area contributed by atoms with Crippen LogP contribution in [0.5, 0.6) is 0 Å². The van der Waals surface area contributed by atoms with Crippen molar-refractivity contribution < 1.29 is 0 Å². The molecule has 1 aliphatic heterocycles. The van der Waals surface area contributed by atoms with Crippen LogP contribution in [0.2, 0.25) is 0 Å². The number of hydrogen-bond donors (Lipinski definition) is 0. The molecule has 4 heteroatoms. The van der Waals surface area contributed by atoms with Gasteiger partial charge in [-0.1, -0.05) is 6.08 Å². The molecule has 0 saturated carbocycles. The van der Waals surface area contributed by atoms with E-state index < -0.39 is 0 Å². The van der Waals surface area contributed by atoms with E-state index in [0.717, 1.165) is 38.7 Å². The first kappa shape index (κ1) is 10.1. The Bertz CT molecular complexity index is 304. The van der Waals surface area contributed by atoms with Crippen LogP contribution in [0.4, 0.5) is 5.95 Å². The van der Waals surface area contributed by atoms with Gasteiger partial charge in [-0.3, -0.25) is 4.90 Å². The Morgan fingerprint density at radius 2 is 1.87 bits per heavy atom. The van der Waals surface area contributed by atoms with Gasteiger partial charge in [0.1, 0.15) is 0 Å². The van der Waals surface area contributed by atoms with Crippen LogP contribution < -0.4 is 4.90 Å². The second kappa shape index (κ2) is 4.89. The molecular formula is C11H16N4. The van der Waals surface area contributed by atoms with Crippen LogP contribution in [-0.4, -0.2) is 47.6 Å². The Balaban J connectivity index is 1.91. The Hall–Kier alpha value is -1.42. The Kier molecular flexibility index (Phi) is 3.29. The maximum absolute atomic E-state index is 4.25. The summed E-state index contributed by atoms with van der Waals surface area (Å²) in [4.78, 5) is 13.1. The van der Waals surface area contributed by atoms with Crippen LogP contribution in [0.15, 0.2) is 31.1 Å². The molecule has 0 N–H and O–H groups in total. The summed E-state index contributed by atoms with van der Waals surface area (Å²) < 4.78 is 0. The molecule has 80 valence electrons. The summed E-state index contributed by atoms with van der Waals surface area (Å²) in [5, 5.41) is 0.